The molecule has 1 saturated heterocycles. The topological polar surface area (TPSA) is 111 Å². The van der Waals surface area contributed by atoms with Gasteiger partial charge in [0, 0.05) is 30.1 Å². The minimum atomic E-state index is -3.93. The van der Waals surface area contributed by atoms with E-state index in [0.717, 1.165) is 17.8 Å². The van der Waals surface area contributed by atoms with Gasteiger partial charge in [-0.15, -0.1) is 0 Å². The first-order chi connectivity index (χ1) is 15.8. The summed E-state index contributed by atoms with van der Waals surface area (Å²) in [7, 11) is -3.93. The van der Waals surface area contributed by atoms with E-state index >= 15 is 0 Å². The first kappa shape index (κ1) is 21.7. The fourth-order valence-corrected chi connectivity index (χ4v) is 6.12. The average molecular weight is 470 g/mol. The SMILES string of the molecule is C[C@H]1COCCN1c1cc(C2(S(=O)(=O)c3cncc(F)c3)CC2)nc(-c2ccc(N)cc2)n1. The van der Waals surface area contributed by atoms with Crippen LogP contribution in [0.15, 0.2) is 53.7 Å². The van der Waals surface area contributed by atoms with Gasteiger partial charge in [0.15, 0.2) is 15.7 Å². The van der Waals surface area contributed by atoms with Crippen LogP contribution in [0.3, 0.4) is 0 Å². The molecule has 1 aliphatic carbocycles. The summed E-state index contributed by atoms with van der Waals surface area (Å²) < 4.78 is 45.3. The maximum absolute atomic E-state index is 13.8. The van der Waals surface area contributed by atoms with Crippen LogP contribution in [0.25, 0.3) is 11.4 Å². The van der Waals surface area contributed by atoms with Crippen LogP contribution in [-0.4, -0.2) is 49.2 Å². The van der Waals surface area contributed by atoms with Crippen LogP contribution in [0, 0.1) is 5.82 Å². The third-order valence-electron chi connectivity index (χ3n) is 6.22. The highest BCUT2D eigenvalue weighted by molar-refractivity contribution is 7.92. The Morgan fingerprint density at radius 2 is 1.91 bits per heavy atom. The van der Waals surface area contributed by atoms with Gasteiger partial charge in [-0.1, -0.05) is 0 Å². The molecule has 3 heterocycles. The minimum Gasteiger partial charge on any atom is -0.399 e. The van der Waals surface area contributed by atoms with Crippen LogP contribution in [-0.2, 0) is 19.3 Å². The summed E-state index contributed by atoms with van der Waals surface area (Å²) in [5, 5.41) is 0. The number of hydrogen-bond acceptors (Lipinski definition) is 8. The van der Waals surface area contributed by atoms with E-state index in [1.165, 1.54) is 6.20 Å². The first-order valence-electron chi connectivity index (χ1n) is 10.8. The van der Waals surface area contributed by atoms with Gasteiger partial charge in [0.1, 0.15) is 16.4 Å². The molecule has 8 nitrogen and oxygen atoms in total. The summed E-state index contributed by atoms with van der Waals surface area (Å²) in [6.07, 6.45) is 2.95. The lowest BCUT2D eigenvalue weighted by Crippen LogP contribution is -2.44. The molecule has 33 heavy (non-hydrogen) atoms. The van der Waals surface area contributed by atoms with E-state index in [9.17, 15) is 12.8 Å². The van der Waals surface area contributed by atoms with Crippen molar-refractivity contribution < 1.29 is 17.5 Å². The zero-order chi connectivity index (χ0) is 23.2. The van der Waals surface area contributed by atoms with Crippen LogP contribution >= 0.6 is 0 Å². The Hall–Kier alpha value is -3.11. The summed E-state index contributed by atoms with van der Waals surface area (Å²) >= 11 is 0. The minimum absolute atomic E-state index is 0.0694. The Kier molecular flexibility index (Phi) is 5.29. The van der Waals surface area contributed by atoms with Crippen molar-refractivity contribution >= 4 is 21.3 Å². The Labute approximate surface area is 191 Å². The van der Waals surface area contributed by atoms with Gasteiger partial charge in [-0.3, -0.25) is 4.98 Å². The van der Waals surface area contributed by atoms with Gasteiger partial charge in [0.25, 0.3) is 0 Å². The van der Waals surface area contributed by atoms with Crippen LogP contribution < -0.4 is 10.6 Å². The van der Waals surface area contributed by atoms with E-state index in [1.54, 1.807) is 18.2 Å². The number of nitrogen functional groups attached to an aromatic ring is 1. The molecule has 10 heteroatoms. The van der Waals surface area contributed by atoms with E-state index in [1.807, 2.05) is 19.1 Å². The van der Waals surface area contributed by atoms with Gasteiger partial charge in [-0.2, -0.15) is 0 Å². The normalized spacial score (nSPS) is 19.9. The standard InChI is InChI=1S/C23H24FN5O3S/c1-15-14-32-9-8-29(15)21-11-20(27-22(28-21)16-2-4-18(25)5-3-16)23(6-7-23)33(30,31)19-10-17(24)12-26-13-19/h2-5,10-13,15H,6-9,14,25H2,1H3/t15-/m0/s1. The molecule has 0 amide bonds. The van der Waals surface area contributed by atoms with Gasteiger partial charge in [0.2, 0.25) is 0 Å². The number of nitrogens with zero attached hydrogens (tertiary/aromatic N) is 4. The third-order valence-corrected chi connectivity index (χ3v) is 8.71. The molecular weight excluding hydrogens is 445 g/mol. The fraction of sp³-hybridized carbons (Fsp3) is 0.348. The number of morpholine rings is 1. The van der Waals surface area contributed by atoms with Crippen LogP contribution in [0.2, 0.25) is 0 Å². The second kappa shape index (κ2) is 8.03. The van der Waals surface area contributed by atoms with Crippen molar-refractivity contribution in [3.63, 3.8) is 0 Å². The number of hydrogen-bond donors (Lipinski definition) is 1. The van der Waals surface area contributed by atoms with Crippen molar-refractivity contribution in [2.45, 2.75) is 35.4 Å². The lowest BCUT2D eigenvalue weighted by molar-refractivity contribution is 0.0985. The molecular formula is C23H24FN5O3S. The molecule has 0 unspecified atom stereocenters. The van der Waals surface area contributed by atoms with E-state index in [0.29, 0.717) is 55.6 Å². The lowest BCUT2D eigenvalue weighted by Gasteiger charge is -2.34. The molecule has 2 aliphatic rings. The Morgan fingerprint density at radius 3 is 2.58 bits per heavy atom. The Bertz CT molecular complexity index is 1300. The summed E-state index contributed by atoms with van der Waals surface area (Å²) in [5.74, 6) is 0.362. The summed E-state index contributed by atoms with van der Waals surface area (Å²) in [6.45, 7) is 3.77. The van der Waals surface area contributed by atoms with Crippen molar-refractivity contribution in [2.75, 3.05) is 30.4 Å². The predicted octanol–water partition coefficient (Wildman–Crippen LogP) is 2.95. The molecule has 1 atom stereocenters. The molecule has 172 valence electrons. The molecule has 2 fully saturated rings. The number of sulfone groups is 1. The highest BCUT2D eigenvalue weighted by Crippen LogP contribution is 2.55. The number of pyridine rings is 1. The quantitative estimate of drug-likeness (QED) is 0.568. The zero-order valence-electron chi connectivity index (χ0n) is 18.1. The second-order valence-electron chi connectivity index (χ2n) is 8.51. The average Bonchev–Trinajstić information content (AvgIpc) is 3.62. The largest absolute Gasteiger partial charge is 0.399 e. The lowest BCUT2D eigenvalue weighted by atomic mass is 10.1. The van der Waals surface area contributed by atoms with Gasteiger partial charge < -0.3 is 15.4 Å². The highest BCUT2D eigenvalue weighted by atomic mass is 32.2. The van der Waals surface area contributed by atoms with Gasteiger partial charge >= 0.3 is 0 Å². The van der Waals surface area contributed by atoms with E-state index < -0.39 is 20.4 Å². The number of anilines is 2. The molecule has 2 N–H and O–H groups in total. The Morgan fingerprint density at radius 1 is 1.15 bits per heavy atom. The molecule has 3 aromatic rings. The van der Waals surface area contributed by atoms with Gasteiger partial charge in [-0.05, 0) is 50.1 Å². The molecule has 2 aromatic heterocycles. The number of benzene rings is 1. The number of rotatable bonds is 5. The summed E-state index contributed by atoms with van der Waals surface area (Å²) in [5.41, 5.74) is 7.58. The molecule has 0 spiro atoms. The van der Waals surface area contributed by atoms with Gasteiger partial charge in [-0.25, -0.2) is 22.8 Å². The number of nitrogens with two attached hydrogens (primary N) is 1. The van der Waals surface area contributed by atoms with Gasteiger partial charge in [0.05, 0.1) is 36.0 Å². The van der Waals surface area contributed by atoms with E-state index in [-0.39, 0.29) is 10.9 Å². The monoisotopic (exact) mass is 469 g/mol. The molecule has 1 saturated carbocycles. The summed E-state index contributed by atoms with van der Waals surface area (Å²) in [6, 6.07) is 9.96. The molecule has 1 aromatic carbocycles. The third kappa shape index (κ3) is 3.83. The smallest absolute Gasteiger partial charge is 0.191 e. The van der Waals surface area contributed by atoms with Crippen LogP contribution in [0.4, 0.5) is 15.9 Å². The van der Waals surface area contributed by atoms with Crippen molar-refractivity contribution in [3.8, 4) is 11.4 Å². The fourth-order valence-electron chi connectivity index (χ4n) is 4.18. The number of aromatic nitrogens is 3. The summed E-state index contributed by atoms with van der Waals surface area (Å²) in [4.78, 5) is 15.2. The molecule has 1 aliphatic heterocycles. The van der Waals surface area contributed by atoms with Crippen molar-refractivity contribution in [3.05, 3.63) is 60.3 Å². The van der Waals surface area contributed by atoms with E-state index in [4.69, 9.17) is 20.4 Å². The van der Waals surface area contributed by atoms with E-state index in [2.05, 4.69) is 9.88 Å². The molecule has 0 bridgehead atoms. The van der Waals surface area contributed by atoms with Crippen molar-refractivity contribution in [1.29, 1.82) is 0 Å². The zero-order valence-corrected chi connectivity index (χ0v) is 18.9. The maximum Gasteiger partial charge on any atom is 0.191 e. The molecule has 5 rings (SSSR count). The highest BCUT2D eigenvalue weighted by Gasteiger charge is 2.58. The number of halogens is 1. The maximum atomic E-state index is 13.8. The van der Waals surface area contributed by atoms with Crippen LogP contribution in [0.1, 0.15) is 25.5 Å². The number of ether oxygens (including phenoxy) is 1. The second-order valence-corrected chi connectivity index (χ2v) is 10.8. The Balaban J connectivity index is 1.65. The first-order valence-corrected chi connectivity index (χ1v) is 12.2. The predicted molar refractivity (Wildman–Crippen MR) is 122 cm³/mol. The van der Waals surface area contributed by atoms with Crippen molar-refractivity contribution in [2.24, 2.45) is 0 Å². The van der Waals surface area contributed by atoms with Crippen LogP contribution in [0.5, 0.6) is 0 Å². The van der Waals surface area contributed by atoms with Crippen molar-refractivity contribution in [1.82, 2.24) is 15.0 Å². The molecule has 0 radical (unpaired) electrons.